The van der Waals surface area contributed by atoms with E-state index >= 15 is 0 Å². The quantitative estimate of drug-likeness (QED) is 0.122. The molecule has 1 atom stereocenters. The molecule has 2 aliphatic heterocycles. The number of aliphatic hydroxyl groups is 1. The number of carbonyl (C=O) groups is 4. The molecule has 1 aromatic carbocycles. The minimum Gasteiger partial charge on any atom is -0.387 e. The Morgan fingerprint density at radius 1 is 1.21 bits per heavy atom. The van der Waals surface area contributed by atoms with E-state index in [0.717, 1.165) is 5.56 Å². The number of nitrogens with zero attached hydrogens (tertiary/aromatic N) is 5. The zero-order valence-corrected chi connectivity index (χ0v) is 21.7. The van der Waals surface area contributed by atoms with Gasteiger partial charge in [-0.1, -0.05) is 23.0 Å². The van der Waals surface area contributed by atoms with E-state index in [4.69, 9.17) is 10.3 Å². The fourth-order valence-electron chi connectivity index (χ4n) is 5.41. The molecule has 1 aliphatic carbocycles. The highest BCUT2D eigenvalue weighted by Gasteiger charge is 2.39. The molecule has 2 heterocycles. The van der Waals surface area contributed by atoms with Gasteiger partial charge >= 0.3 is 0 Å². The van der Waals surface area contributed by atoms with Gasteiger partial charge < -0.3 is 19.6 Å². The third-order valence-corrected chi connectivity index (χ3v) is 7.43. The van der Waals surface area contributed by atoms with Gasteiger partial charge in [-0.3, -0.25) is 24.5 Å². The first-order valence-electron chi connectivity index (χ1n) is 13.2. The van der Waals surface area contributed by atoms with Gasteiger partial charge in [0.2, 0.25) is 17.7 Å². The maximum absolute atomic E-state index is 12.9. The number of amides is 4. The molecule has 4 amide bonds. The van der Waals surface area contributed by atoms with Crippen LogP contribution in [0.3, 0.4) is 0 Å². The van der Waals surface area contributed by atoms with Gasteiger partial charge in [0, 0.05) is 54.1 Å². The van der Waals surface area contributed by atoms with Crippen molar-refractivity contribution in [2.75, 3.05) is 26.4 Å². The molecule has 4 rings (SSSR count). The summed E-state index contributed by atoms with van der Waals surface area (Å²) < 4.78 is 5.69. The molecule has 12 heteroatoms. The number of benzene rings is 1. The summed E-state index contributed by atoms with van der Waals surface area (Å²) in [6.45, 7) is 0.718. The Balaban J connectivity index is 1.26. The molecule has 1 saturated carbocycles. The Morgan fingerprint density at radius 3 is 2.72 bits per heavy atom. The second kappa shape index (κ2) is 13.2. The second-order valence-electron chi connectivity index (χ2n) is 9.81. The van der Waals surface area contributed by atoms with Crippen LogP contribution in [-0.2, 0) is 25.7 Å². The van der Waals surface area contributed by atoms with Gasteiger partial charge in [-0.2, -0.15) is 0 Å². The van der Waals surface area contributed by atoms with Crippen LogP contribution in [0.4, 0.5) is 0 Å². The molecule has 1 saturated heterocycles. The number of ether oxygens (including phenoxy) is 1. The van der Waals surface area contributed by atoms with Gasteiger partial charge in [-0.05, 0) is 55.3 Å². The number of rotatable bonds is 9. The van der Waals surface area contributed by atoms with E-state index in [9.17, 15) is 24.3 Å². The topological polar surface area (TPSA) is 165 Å². The molecule has 0 bridgehead atoms. The lowest BCUT2D eigenvalue weighted by molar-refractivity contribution is -0.138. The second-order valence-corrected chi connectivity index (χ2v) is 9.81. The lowest BCUT2D eigenvalue weighted by atomic mass is 9.90. The maximum atomic E-state index is 12.9. The summed E-state index contributed by atoms with van der Waals surface area (Å²) in [5, 5.41) is 15.4. The molecule has 3 aliphatic rings. The summed E-state index contributed by atoms with van der Waals surface area (Å²) in [5.41, 5.74) is 10.6. The molecule has 206 valence electrons. The zero-order chi connectivity index (χ0) is 27.8. The molecule has 0 spiro atoms. The highest BCUT2D eigenvalue weighted by atomic mass is 16.5. The Hall–Kier alpha value is -3.91. The fraction of sp³-hybridized carbons (Fsp3) is 0.556. The van der Waals surface area contributed by atoms with Crippen molar-refractivity contribution in [1.82, 2.24) is 15.1 Å². The minimum atomic E-state index is -0.671. The van der Waals surface area contributed by atoms with Crippen molar-refractivity contribution in [2.24, 2.45) is 5.11 Å². The number of nitrogens with one attached hydrogen (secondary N) is 1. The number of hydrogen-bond donors (Lipinski definition) is 2. The van der Waals surface area contributed by atoms with Gasteiger partial charge in [0.1, 0.15) is 12.6 Å². The van der Waals surface area contributed by atoms with E-state index in [0.29, 0.717) is 69.4 Å². The molecular weight excluding hydrogens is 504 g/mol. The number of fused-ring (bicyclic) bond motifs is 1. The summed E-state index contributed by atoms with van der Waals surface area (Å²) in [4.78, 5) is 55.0. The van der Waals surface area contributed by atoms with Crippen LogP contribution < -0.4 is 5.32 Å². The summed E-state index contributed by atoms with van der Waals surface area (Å²) >= 11 is 0. The van der Waals surface area contributed by atoms with Crippen LogP contribution in [0.5, 0.6) is 0 Å². The standard InChI is InChI=1S/C27H32N6O6/c28-31-30-19-7-9-20(10-8-19)32(25(36)17-34)13-15-39-14-2-1-4-18-5-3-6-21-22(18)16-33(27(21)38)23-11-12-24(35)29-26(23)37/h3,5-6,19-20,23,34H,2,7-17H2,(H,29,35,37). The molecule has 0 aromatic heterocycles. The van der Waals surface area contributed by atoms with E-state index in [-0.39, 0.29) is 42.8 Å². The number of piperidine rings is 1. The van der Waals surface area contributed by atoms with Crippen molar-refractivity contribution in [1.29, 1.82) is 0 Å². The Morgan fingerprint density at radius 2 is 2.00 bits per heavy atom. The number of aliphatic hydroxyl groups excluding tert-OH is 1. The van der Waals surface area contributed by atoms with Crippen LogP contribution in [0.1, 0.15) is 66.4 Å². The summed E-state index contributed by atoms with van der Waals surface area (Å²) in [6, 6.07) is 4.59. The van der Waals surface area contributed by atoms with Crippen LogP contribution in [-0.4, -0.2) is 83.0 Å². The highest BCUT2D eigenvalue weighted by molar-refractivity contribution is 6.05. The van der Waals surface area contributed by atoms with E-state index in [1.807, 2.05) is 6.07 Å². The SMILES string of the molecule is [N-]=[N+]=NC1CCC(N(CCOCCC#Cc2cccc3c2CN(C2CCC(=O)NC2=O)C3=O)C(=O)CO)CC1. The van der Waals surface area contributed by atoms with Gasteiger partial charge in [0.15, 0.2) is 0 Å². The lowest BCUT2D eigenvalue weighted by Crippen LogP contribution is -2.52. The van der Waals surface area contributed by atoms with Crippen molar-refractivity contribution < 1.29 is 29.0 Å². The first-order valence-corrected chi connectivity index (χ1v) is 13.2. The van der Waals surface area contributed by atoms with Crippen LogP contribution in [0.15, 0.2) is 23.3 Å². The van der Waals surface area contributed by atoms with Crippen molar-refractivity contribution in [3.8, 4) is 11.8 Å². The molecule has 0 radical (unpaired) electrons. The average molecular weight is 537 g/mol. The predicted molar refractivity (Wildman–Crippen MR) is 139 cm³/mol. The number of imide groups is 1. The number of azide groups is 1. The molecule has 2 N–H and O–H groups in total. The van der Waals surface area contributed by atoms with Crippen molar-refractivity contribution in [3.05, 3.63) is 45.3 Å². The summed E-state index contributed by atoms with van der Waals surface area (Å²) in [7, 11) is 0. The predicted octanol–water partition coefficient (Wildman–Crippen LogP) is 1.65. The summed E-state index contributed by atoms with van der Waals surface area (Å²) in [5.74, 6) is 4.82. The molecule has 1 unspecified atom stereocenters. The lowest BCUT2D eigenvalue weighted by Gasteiger charge is -2.35. The van der Waals surface area contributed by atoms with Crippen LogP contribution in [0, 0.1) is 11.8 Å². The van der Waals surface area contributed by atoms with Gasteiger partial charge in [0.05, 0.1) is 13.2 Å². The Labute approximate surface area is 226 Å². The highest BCUT2D eigenvalue weighted by Crippen LogP contribution is 2.29. The van der Waals surface area contributed by atoms with Crippen LogP contribution in [0.2, 0.25) is 0 Å². The average Bonchev–Trinajstić information content (AvgIpc) is 3.27. The van der Waals surface area contributed by atoms with Gasteiger partial charge in [-0.25, -0.2) is 0 Å². The largest absolute Gasteiger partial charge is 0.387 e. The first-order chi connectivity index (χ1) is 18.9. The van der Waals surface area contributed by atoms with Crippen molar-refractivity contribution in [3.63, 3.8) is 0 Å². The van der Waals surface area contributed by atoms with Gasteiger partial charge in [-0.15, -0.1) is 0 Å². The Bertz CT molecular complexity index is 1220. The van der Waals surface area contributed by atoms with Gasteiger partial charge in [0.25, 0.3) is 5.91 Å². The number of hydrogen-bond acceptors (Lipinski definition) is 7. The molecule has 1 aromatic rings. The molecule has 39 heavy (non-hydrogen) atoms. The normalized spacial score (nSPS) is 22.3. The number of carbonyl (C=O) groups excluding carboxylic acids is 4. The van der Waals surface area contributed by atoms with E-state index in [1.54, 1.807) is 17.0 Å². The zero-order valence-electron chi connectivity index (χ0n) is 21.7. The first kappa shape index (κ1) is 28.1. The third-order valence-electron chi connectivity index (χ3n) is 7.43. The van der Waals surface area contributed by atoms with E-state index in [2.05, 4.69) is 27.2 Å². The van der Waals surface area contributed by atoms with Crippen molar-refractivity contribution in [2.45, 2.75) is 69.6 Å². The Kier molecular flexibility index (Phi) is 9.54. The van der Waals surface area contributed by atoms with E-state index < -0.39 is 18.6 Å². The molecular formula is C27H32N6O6. The molecule has 2 fully saturated rings. The summed E-state index contributed by atoms with van der Waals surface area (Å²) in [6.07, 6.45) is 3.80. The van der Waals surface area contributed by atoms with E-state index in [1.165, 1.54) is 4.90 Å². The smallest absolute Gasteiger partial charge is 0.255 e. The monoisotopic (exact) mass is 536 g/mol. The fourth-order valence-corrected chi connectivity index (χ4v) is 5.41. The van der Waals surface area contributed by atoms with Crippen molar-refractivity contribution >= 4 is 23.6 Å². The minimum absolute atomic E-state index is 0.0131. The maximum Gasteiger partial charge on any atom is 0.255 e. The van der Waals surface area contributed by atoms with Crippen LogP contribution in [0.25, 0.3) is 10.4 Å². The third kappa shape index (κ3) is 6.75. The van der Waals surface area contributed by atoms with Crippen LogP contribution >= 0.6 is 0 Å². The molecule has 12 nitrogen and oxygen atoms in total.